The zero-order valence-electron chi connectivity index (χ0n) is 12.7. The fourth-order valence-electron chi connectivity index (χ4n) is 3.29. The minimum Gasteiger partial charge on any atom is -0.543 e. The molecule has 9 nitrogen and oxygen atoms in total. The maximum Gasteiger partial charge on any atom is 1.00 e. The number of carbonyl (C=O) groups excluding carboxylic acids is 3. The van der Waals surface area contributed by atoms with Gasteiger partial charge in [0.05, 0.1) is 29.7 Å². The monoisotopic (exact) mass is 331 g/mol. The molecule has 3 N–H and O–H groups in total. The van der Waals surface area contributed by atoms with E-state index in [2.05, 4.69) is 5.16 Å². The molecule has 3 aliphatic heterocycles. The van der Waals surface area contributed by atoms with E-state index >= 15 is 0 Å². The Kier molecular flexibility index (Phi) is 4.86. The van der Waals surface area contributed by atoms with Crippen LogP contribution in [0.5, 0.6) is 0 Å². The van der Waals surface area contributed by atoms with Gasteiger partial charge >= 0.3 is 29.6 Å². The first-order valence-electron chi connectivity index (χ1n) is 6.81. The molecule has 3 aliphatic rings. The summed E-state index contributed by atoms with van der Waals surface area (Å²) < 4.78 is 0. The van der Waals surface area contributed by atoms with Gasteiger partial charge in [-0.05, 0) is 13.3 Å². The van der Waals surface area contributed by atoms with Crippen molar-refractivity contribution in [2.24, 2.45) is 16.8 Å². The van der Waals surface area contributed by atoms with Gasteiger partial charge in [0.25, 0.3) is 5.91 Å². The van der Waals surface area contributed by atoms with Crippen molar-refractivity contribution in [3.63, 3.8) is 0 Å². The Labute approximate surface area is 153 Å². The Morgan fingerprint density at radius 3 is 2.61 bits per heavy atom. The molecule has 3 rings (SSSR count). The zero-order valence-corrected chi connectivity index (χ0v) is 14.7. The van der Waals surface area contributed by atoms with Gasteiger partial charge in [-0.3, -0.25) is 9.59 Å². The van der Waals surface area contributed by atoms with Gasteiger partial charge in [0.15, 0.2) is 6.10 Å². The molecule has 0 radical (unpaired) electrons. The first kappa shape index (κ1) is 17.9. The van der Waals surface area contributed by atoms with Gasteiger partial charge in [0, 0.05) is 12.0 Å². The molecule has 0 spiro atoms. The molecule has 4 atom stereocenters. The van der Waals surface area contributed by atoms with Crippen molar-refractivity contribution >= 4 is 23.5 Å². The normalized spacial score (nSPS) is 30.0. The molecule has 1 saturated heterocycles. The molecule has 23 heavy (non-hydrogen) atoms. The number of carboxylic acids is 1. The molecular formula is C13H14N3NaO6. The van der Waals surface area contributed by atoms with Crippen LogP contribution in [0, 0.1) is 5.92 Å². The third-order valence-corrected chi connectivity index (χ3v) is 4.30. The van der Waals surface area contributed by atoms with E-state index in [9.17, 15) is 24.6 Å². The molecule has 3 heterocycles. The second-order valence-electron chi connectivity index (χ2n) is 5.61. The third kappa shape index (κ3) is 2.67. The molecule has 0 saturated carbocycles. The van der Waals surface area contributed by atoms with E-state index in [1.54, 1.807) is 0 Å². The number of aliphatic carboxylic acids is 1. The summed E-state index contributed by atoms with van der Waals surface area (Å²) in [6.07, 6.45) is -1.35. The molecule has 10 heteroatoms. The first-order chi connectivity index (χ1) is 10.3. The number of fused-ring (bicyclic) bond motifs is 1. The molecule has 0 aliphatic carbocycles. The third-order valence-electron chi connectivity index (χ3n) is 4.30. The van der Waals surface area contributed by atoms with Gasteiger partial charge < -0.3 is 30.5 Å². The Morgan fingerprint density at radius 1 is 1.48 bits per heavy atom. The van der Waals surface area contributed by atoms with Gasteiger partial charge in [-0.25, -0.2) is 0 Å². The quantitative estimate of drug-likeness (QED) is 0.388. The summed E-state index contributed by atoms with van der Waals surface area (Å²) in [5.74, 6) is -3.34. The number of carboxylic acid groups (broad SMARTS) is 1. The van der Waals surface area contributed by atoms with Crippen molar-refractivity contribution in [1.82, 2.24) is 4.90 Å². The van der Waals surface area contributed by atoms with Crippen LogP contribution < -0.4 is 40.4 Å². The van der Waals surface area contributed by atoms with Crippen LogP contribution in [0.4, 0.5) is 0 Å². The number of carbonyl (C=O) groups is 3. The number of primary amides is 1. The SMILES string of the molecule is C[C@@H](O)[C@H]1C(=O)N2C(C(=O)[O-])=C(C3CC(C(N)=O)=NO3)C[C@H]12.[Na+]. The predicted octanol–water partition coefficient (Wildman–Crippen LogP) is -5.76. The van der Waals surface area contributed by atoms with Crippen molar-refractivity contribution in [2.75, 3.05) is 0 Å². The molecule has 0 aromatic carbocycles. The van der Waals surface area contributed by atoms with Gasteiger partial charge in [-0.15, -0.1) is 0 Å². The summed E-state index contributed by atoms with van der Waals surface area (Å²) in [6, 6.07) is -0.434. The fraction of sp³-hybridized carbons (Fsp3) is 0.538. The number of oxime groups is 1. The van der Waals surface area contributed by atoms with Crippen LogP contribution in [0.15, 0.2) is 16.4 Å². The smallest absolute Gasteiger partial charge is 0.543 e. The van der Waals surface area contributed by atoms with E-state index in [1.165, 1.54) is 6.92 Å². The topological polar surface area (TPSA) is 145 Å². The van der Waals surface area contributed by atoms with Crippen LogP contribution in [0.3, 0.4) is 0 Å². The number of rotatable bonds is 4. The summed E-state index contributed by atoms with van der Waals surface area (Å²) in [7, 11) is 0. The first-order valence-corrected chi connectivity index (χ1v) is 6.81. The number of hydrogen-bond donors (Lipinski definition) is 2. The second kappa shape index (κ2) is 6.23. The maximum absolute atomic E-state index is 12.0. The van der Waals surface area contributed by atoms with Crippen LogP contribution in [-0.4, -0.2) is 51.8 Å². The van der Waals surface area contributed by atoms with Crippen molar-refractivity contribution in [2.45, 2.75) is 38.0 Å². The van der Waals surface area contributed by atoms with Crippen molar-refractivity contribution in [1.29, 1.82) is 0 Å². The summed E-state index contributed by atoms with van der Waals surface area (Å²) >= 11 is 0. The molecule has 1 fully saturated rings. The summed E-state index contributed by atoms with van der Waals surface area (Å²) in [5.41, 5.74) is 5.21. The number of nitrogens with zero attached hydrogens (tertiary/aromatic N) is 2. The van der Waals surface area contributed by atoms with Crippen LogP contribution in [0.1, 0.15) is 19.8 Å². The van der Waals surface area contributed by atoms with E-state index in [1.807, 2.05) is 0 Å². The Balaban J connectivity index is 0.00000192. The minimum absolute atomic E-state index is 0. The Bertz CT molecular complexity index is 644. The number of β-lactam (4-membered cyclic amide) rings is 1. The largest absolute Gasteiger partial charge is 1.00 e. The van der Waals surface area contributed by atoms with Crippen molar-refractivity contribution in [3.8, 4) is 0 Å². The van der Waals surface area contributed by atoms with E-state index in [0.29, 0.717) is 5.57 Å². The molecule has 2 amide bonds. The van der Waals surface area contributed by atoms with Crippen LogP contribution >= 0.6 is 0 Å². The van der Waals surface area contributed by atoms with Gasteiger partial charge in [-0.1, -0.05) is 5.16 Å². The summed E-state index contributed by atoms with van der Waals surface area (Å²) in [5, 5.41) is 24.6. The van der Waals surface area contributed by atoms with E-state index in [4.69, 9.17) is 10.6 Å². The van der Waals surface area contributed by atoms with E-state index < -0.39 is 42.0 Å². The number of hydrogen-bond acceptors (Lipinski definition) is 7. The van der Waals surface area contributed by atoms with Crippen molar-refractivity contribution in [3.05, 3.63) is 11.3 Å². The predicted molar refractivity (Wildman–Crippen MR) is 68.6 cm³/mol. The van der Waals surface area contributed by atoms with Gasteiger partial charge in [-0.2, -0.15) is 0 Å². The van der Waals surface area contributed by atoms with Crippen molar-refractivity contribution < 1.29 is 59.0 Å². The molecule has 0 bridgehead atoms. The standard InChI is InChI=1S/C13H15N3O6.Na/c1-4(17)9-7-2-5(8-3-6(11(14)18)15-22-8)10(13(20)21)16(7)12(9)19;/h4,7-9,17H,2-3H2,1H3,(H2,14,18)(H,20,21);/q;+1/p-1/t4-,7-,8?,9-;/m1./s1. The van der Waals surface area contributed by atoms with Crippen LogP contribution in [0.25, 0.3) is 0 Å². The fourth-order valence-corrected chi connectivity index (χ4v) is 3.29. The summed E-state index contributed by atoms with van der Waals surface area (Å²) in [4.78, 5) is 40.7. The number of aliphatic hydroxyl groups is 1. The van der Waals surface area contributed by atoms with E-state index in [-0.39, 0.29) is 53.8 Å². The molecule has 0 aromatic rings. The van der Waals surface area contributed by atoms with Crippen LogP contribution in [0.2, 0.25) is 0 Å². The van der Waals surface area contributed by atoms with Crippen LogP contribution in [-0.2, 0) is 19.2 Å². The summed E-state index contributed by atoms with van der Waals surface area (Å²) in [6.45, 7) is 1.48. The zero-order chi connectivity index (χ0) is 16.2. The molecular weight excluding hydrogens is 317 g/mol. The molecule has 0 aromatic heterocycles. The second-order valence-corrected chi connectivity index (χ2v) is 5.61. The number of aliphatic hydroxyl groups excluding tert-OH is 1. The van der Waals surface area contributed by atoms with E-state index in [0.717, 1.165) is 4.90 Å². The Morgan fingerprint density at radius 2 is 2.13 bits per heavy atom. The number of nitrogens with two attached hydrogens (primary N) is 1. The minimum atomic E-state index is -1.49. The molecule has 118 valence electrons. The molecule has 1 unspecified atom stereocenters. The average Bonchev–Trinajstić information content (AvgIpc) is 2.99. The van der Waals surface area contributed by atoms with Gasteiger partial charge in [0.2, 0.25) is 5.91 Å². The van der Waals surface area contributed by atoms with Gasteiger partial charge in [0.1, 0.15) is 5.71 Å². The maximum atomic E-state index is 12.0. The Hall–Kier alpha value is -1.42. The average molecular weight is 331 g/mol. The number of amides is 2.